The van der Waals surface area contributed by atoms with Crippen molar-refractivity contribution in [3.05, 3.63) is 22.4 Å². The van der Waals surface area contributed by atoms with E-state index in [4.69, 9.17) is 0 Å². The van der Waals surface area contributed by atoms with Gasteiger partial charge in [0, 0.05) is 32.1 Å². The molecule has 0 amide bonds. The Labute approximate surface area is 143 Å². The first-order valence-corrected chi connectivity index (χ1v) is 8.11. The van der Waals surface area contributed by atoms with Crippen LogP contribution in [0, 0.1) is 5.92 Å². The standard InChI is InChI=1S/C15H25N3S.HI/c1-16-15(17-12-13-6-3-4-7-13)18(2)10-9-14-8-5-11-19-14;/h5,8,11,13H,3-4,6-7,9-10,12H2,1-2H3,(H,16,17);1H. The van der Waals surface area contributed by atoms with Crippen LogP contribution >= 0.6 is 35.3 Å². The molecule has 20 heavy (non-hydrogen) atoms. The predicted molar refractivity (Wildman–Crippen MR) is 99.4 cm³/mol. The van der Waals surface area contributed by atoms with Gasteiger partial charge in [-0.2, -0.15) is 0 Å². The molecule has 1 aromatic heterocycles. The van der Waals surface area contributed by atoms with Gasteiger partial charge in [0.25, 0.3) is 0 Å². The summed E-state index contributed by atoms with van der Waals surface area (Å²) in [5.41, 5.74) is 0. The number of hydrogen-bond donors (Lipinski definition) is 1. The van der Waals surface area contributed by atoms with Crippen LogP contribution in [0.15, 0.2) is 22.5 Å². The maximum Gasteiger partial charge on any atom is 0.193 e. The molecular formula is C15H26IN3S. The van der Waals surface area contributed by atoms with Crippen LogP contribution in [0.3, 0.4) is 0 Å². The van der Waals surface area contributed by atoms with Crippen molar-refractivity contribution in [1.82, 2.24) is 10.2 Å². The Hall–Kier alpha value is -0.300. The van der Waals surface area contributed by atoms with Gasteiger partial charge in [-0.3, -0.25) is 4.99 Å². The lowest BCUT2D eigenvalue weighted by atomic mass is 10.1. The van der Waals surface area contributed by atoms with E-state index in [1.54, 1.807) is 0 Å². The van der Waals surface area contributed by atoms with Crippen molar-refractivity contribution in [2.45, 2.75) is 32.1 Å². The molecule has 0 aliphatic heterocycles. The molecule has 2 rings (SSSR count). The first kappa shape index (κ1) is 17.8. The molecule has 1 N–H and O–H groups in total. The molecule has 1 aliphatic carbocycles. The van der Waals surface area contributed by atoms with Crippen molar-refractivity contribution in [2.75, 3.05) is 27.2 Å². The number of halogens is 1. The fourth-order valence-corrected chi connectivity index (χ4v) is 3.37. The third-order valence-electron chi connectivity index (χ3n) is 3.87. The quantitative estimate of drug-likeness (QED) is 0.459. The Morgan fingerprint density at radius 1 is 1.45 bits per heavy atom. The molecule has 0 atom stereocenters. The fourth-order valence-electron chi connectivity index (χ4n) is 2.67. The number of hydrogen-bond acceptors (Lipinski definition) is 2. The van der Waals surface area contributed by atoms with E-state index in [0.717, 1.165) is 31.4 Å². The highest BCUT2D eigenvalue weighted by molar-refractivity contribution is 14.0. The Bertz CT molecular complexity index is 386. The molecule has 1 heterocycles. The minimum absolute atomic E-state index is 0. The van der Waals surface area contributed by atoms with Gasteiger partial charge >= 0.3 is 0 Å². The molecule has 114 valence electrons. The molecule has 0 unspecified atom stereocenters. The summed E-state index contributed by atoms with van der Waals surface area (Å²) in [6.07, 6.45) is 6.66. The van der Waals surface area contributed by atoms with Gasteiger partial charge in [-0.05, 0) is 36.6 Å². The van der Waals surface area contributed by atoms with E-state index in [1.807, 2.05) is 18.4 Å². The monoisotopic (exact) mass is 407 g/mol. The molecule has 0 bridgehead atoms. The van der Waals surface area contributed by atoms with E-state index in [-0.39, 0.29) is 24.0 Å². The first-order chi connectivity index (χ1) is 9.29. The maximum absolute atomic E-state index is 4.38. The van der Waals surface area contributed by atoms with Crippen LogP contribution < -0.4 is 5.32 Å². The van der Waals surface area contributed by atoms with Gasteiger partial charge in [-0.15, -0.1) is 35.3 Å². The Kier molecular flexibility index (Phi) is 8.52. The molecule has 0 spiro atoms. The number of likely N-dealkylation sites (N-methyl/N-ethyl adjacent to an activating group) is 1. The molecule has 1 aliphatic rings. The smallest absolute Gasteiger partial charge is 0.193 e. The summed E-state index contributed by atoms with van der Waals surface area (Å²) in [7, 11) is 4.00. The highest BCUT2D eigenvalue weighted by Crippen LogP contribution is 2.23. The third-order valence-corrected chi connectivity index (χ3v) is 4.81. The summed E-state index contributed by atoms with van der Waals surface area (Å²) in [4.78, 5) is 8.06. The summed E-state index contributed by atoms with van der Waals surface area (Å²) >= 11 is 1.83. The van der Waals surface area contributed by atoms with Crippen LogP contribution in [0.5, 0.6) is 0 Å². The zero-order valence-electron chi connectivity index (χ0n) is 12.5. The molecule has 0 saturated heterocycles. The molecule has 3 nitrogen and oxygen atoms in total. The lowest BCUT2D eigenvalue weighted by Crippen LogP contribution is -2.41. The molecule has 1 aromatic rings. The van der Waals surface area contributed by atoms with Crippen molar-refractivity contribution >= 4 is 41.3 Å². The molecular weight excluding hydrogens is 381 g/mol. The van der Waals surface area contributed by atoms with Crippen LogP contribution in [0.1, 0.15) is 30.6 Å². The van der Waals surface area contributed by atoms with Crippen molar-refractivity contribution in [3.63, 3.8) is 0 Å². The number of aliphatic imine (C=N–C) groups is 1. The Morgan fingerprint density at radius 3 is 2.80 bits per heavy atom. The zero-order valence-corrected chi connectivity index (χ0v) is 15.6. The SMILES string of the molecule is CN=C(NCC1CCCC1)N(C)CCc1cccs1.I. The highest BCUT2D eigenvalue weighted by atomic mass is 127. The molecule has 0 aromatic carbocycles. The summed E-state index contributed by atoms with van der Waals surface area (Å²) < 4.78 is 0. The Morgan fingerprint density at radius 2 is 2.20 bits per heavy atom. The number of nitrogens with one attached hydrogen (secondary N) is 1. The second-order valence-corrected chi connectivity index (χ2v) is 6.36. The van der Waals surface area contributed by atoms with Crippen molar-refractivity contribution in [3.8, 4) is 0 Å². The van der Waals surface area contributed by atoms with Crippen LogP contribution in [-0.2, 0) is 6.42 Å². The summed E-state index contributed by atoms with van der Waals surface area (Å²) in [5, 5.41) is 5.66. The normalized spacial score (nSPS) is 16.0. The average Bonchev–Trinajstić information content (AvgIpc) is 3.10. The van der Waals surface area contributed by atoms with E-state index >= 15 is 0 Å². The summed E-state index contributed by atoms with van der Waals surface area (Å²) in [6.45, 7) is 2.10. The second kappa shape index (κ2) is 9.60. The first-order valence-electron chi connectivity index (χ1n) is 7.23. The number of guanidine groups is 1. The van der Waals surface area contributed by atoms with Gasteiger partial charge in [-0.1, -0.05) is 18.9 Å². The van der Waals surface area contributed by atoms with Gasteiger partial charge in [0.1, 0.15) is 0 Å². The van der Waals surface area contributed by atoms with E-state index in [1.165, 1.54) is 30.6 Å². The van der Waals surface area contributed by atoms with E-state index in [0.29, 0.717) is 0 Å². The van der Waals surface area contributed by atoms with Crippen molar-refractivity contribution < 1.29 is 0 Å². The summed E-state index contributed by atoms with van der Waals surface area (Å²) in [5.74, 6) is 1.88. The maximum atomic E-state index is 4.38. The van der Waals surface area contributed by atoms with E-state index < -0.39 is 0 Å². The number of nitrogens with zero attached hydrogens (tertiary/aromatic N) is 2. The zero-order chi connectivity index (χ0) is 13.5. The fraction of sp³-hybridized carbons (Fsp3) is 0.667. The van der Waals surface area contributed by atoms with Gasteiger partial charge in [0.05, 0.1) is 0 Å². The molecule has 1 fully saturated rings. The minimum atomic E-state index is 0. The lowest BCUT2D eigenvalue weighted by Gasteiger charge is -2.23. The molecule has 0 radical (unpaired) electrons. The van der Waals surface area contributed by atoms with Gasteiger partial charge < -0.3 is 10.2 Å². The van der Waals surface area contributed by atoms with Crippen LogP contribution in [0.25, 0.3) is 0 Å². The van der Waals surface area contributed by atoms with Crippen molar-refractivity contribution in [1.29, 1.82) is 0 Å². The van der Waals surface area contributed by atoms with Crippen LogP contribution in [0.2, 0.25) is 0 Å². The van der Waals surface area contributed by atoms with Crippen LogP contribution in [0.4, 0.5) is 0 Å². The number of thiophene rings is 1. The largest absolute Gasteiger partial charge is 0.356 e. The molecule has 1 saturated carbocycles. The van der Waals surface area contributed by atoms with Gasteiger partial charge in [0.15, 0.2) is 5.96 Å². The average molecular weight is 407 g/mol. The minimum Gasteiger partial charge on any atom is -0.356 e. The topological polar surface area (TPSA) is 27.6 Å². The third kappa shape index (κ3) is 5.60. The van der Waals surface area contributed by atoms with Crippen LogP contribution in [-0.4, -0.2) is 38.0 Å². The number of rotatable bonds is 5. The second-order valence-electron chi connectivity index (χ2n) is 5.33. The van der Waals surface area contributed by atoms with Crippen molar-refractivity contribution in [2.24, 2.45) is 10.9 Å². The highest BCUT2D eigenvalue weighted by Gasteiger charge is 2.16. The van der Waals surface area contributed by atoms with E-state index in [2.05, 4.69) is 39.8 Å². The van der Waals surface area contributed by atoms with Gasteiger partial charge in [-0.25, -0.2) is 0 Å². The van der Waals surface area contributed by atoms with E-state index in [9.17, 15) is 0 Å². The van der Waals surface area contributed by atoms with Gasteiger partial charge in [0.2, 0.25) is 0 Å². The lowest BCUT2D eigenvalue weighted by molar-refractivity contribution is 0.464. The predicted octanol–water partition coefficient (Wildman–Crippen LogP) is 3.61. The Balaban J connectivity index is 0.00000200. The molecule has 5 heteroatoms. The summed E-state index contributed by atoms with van der Waals surface area (Å²) in [6, 6.07) is 4.32.